The Balaban J connectivity index is 1.50. The van der Waals surface area contributed by atoms with E-state index in [1.165, 1.54) is 17.5 Å². The molecular weight excluding hydrogens is 286 g/mol. The minimum absolute atomic E-state index is 0.148. The van der Waals surface area contributed by atoms with Crippen LogP contribution in [0.1, 0.15) is 51.8 Å². The number of benzene rings is 1. The molecule has 0 spiro atoms. The largest absolute Gasteiger partial charge is 0.338 e. The quantitative estimate of drug-likeness (QED) is 0.857. The first-order valence-corrected chi connectivity index (χ1v) is 8.41. The van der Waals surface area contributed by atoms with Crippen LogP contribution in [-0.4, -0.2) is 33.9 Å². The van der Waals surface area contributed by atoms with Gasteiger partial charge in [-0.3, -0.25) is 4.79 Å². The number of aryl methyl sites for hydroxylation is 3. The van der Waals surface area contributed by atoms with Crippen LogP contribution in [0.5, 0.6) is 0 Å². The second-order valence-electron chi connectivity index (χ2n) is 6.63. The molecule has 4 heteroatoms. The molecule has 1 aliphatic heterocycles. The van der Waals surface area contributed by atoms with Gasteiger partial charge in [-0.15, -0.1) is 0 Å². The number of rotatable bonds is 2. The van der Waals surface area contributed by atoms with Crippen LogP contribution < -0.4 is 0 Å². The molecule has 2 heterocycles. The van der Waals surface area contributed by atoms with Gasteiger partial charge in [-0.1, -0.05) is 6.07 Å². The van der Waals surface area contributed by atoms with Crippen molar-refractivity contribution in [3.8, 4) is 0 Å². The minimum Gasteiger partial charge on any atom is -0.338 e. The van der Waals surface area contributed by atoms with E-state index in [-0.39, 0.29) is 11.8 Å². The molecule has 1 aromatic heterocycles. The third-order valence-electron chi connectivity index (χ3n) is 5.00. The van der Waals surface area contributed by atoms with E-state index in [2.05, 4.69) is 22.1 Å². The van der Waals surface area contributed by atoms with Gasteiger partial charge in [0.1, 0.15) is 5.82 Å². The van der Waals surface area contributed by atoms with E-state index in [1.54, 1.807) is 0 Å². The summed E-state index contributed by atoms with van der Waals surface area (Å²) in [6.07, 6.45) is 6.22. The number of carbonyl (C=O) groups is 1. The van der Waals surface area contributed by atoms with Crippen molar-refractivity contribution >= 4 is 5.91 Å². The third-order valence-corrected chi connectivity index (χ3v) is 5.00. The van der Waals surface area contributed by atoms with E-state index in [4.69, 9.17) is 0 Å². The Bertz CT molecular complexity index is 756. The van der Waals surface area contributed by atoms with Crippen LogP contribution in [0.15, 0.2) is 30.5 Å². The Kier molecular flexibility index (Phi) is 3.60. The van der Waals surface area contributed by atoms with Crippen molar-refractivity contribution in [2.24, 2.45) is 0 Å². The van der Waals surface area contributed by atoms with Crippen molar-refractivity contribution in [3.63, 3.8) is 0 Å². The summed E-state index contributed by atoms with van der Waals surface area (Å²) in [5.41, 5.74) is 4.58. The SMILES string of the molecule is Cc1ccnc([C@@H]2CCN(C(=O)c3ccc4c(c3)CCC4)C2)n1. The molecule has 2 aromatic rings. The highest BCUT2D eigenvalue weighted by molar-refractivity contribution is 5.94. The molecule has 4 rings (SSSR count). The molecule has 1 aliphatic carbocycles. The highest BCUT2D eigenvalue weighted by Crippen LogP contribution is 2.28. The predicted octanol–water partition coefficient (Wildman–Crippen LogP) is 2.90. The van der Waals surface area contributed by atoms with Crippen LogP contribution in [0.25, 0.3) is 0 Å². The second kappa shape index (κ2) is 5.76. The lowest BCUT2D eigenvalue weighted by Crippen LogP contribution is -2.28. The smallest absolute Gasteiger partial charge is 0.253 e. The number of hydrogen-bond acceptors (Lipinski definition) is 3. The van der Waals surface area contributed by atoms with Crippen molar-refractivity contribution in [1.29, 1.82) is 0 Å². The van der Waals surface area contributed by atoms with E-state index in [0.717, 1.165) is 49.4 Å². The molecule has 118 valence electrons. The van der Waals surface area contributed by atoms with Gasteiger partial charge in [-0.2, -0.15) is 0 Å². The average molecular weight is 307 g/mol. The Morgan fingerprint density at radius 3 is 2.96 bits per heavy atom. The molecule has 2 aliphatic rings. The first-order chi connectivity index (χ1) is 11.2. The van der Waals surface area contributed by atoms with Gasteiger partial charge in [0.15, 0.2) is 0 Å². The average Bonchev–Trinajstić information content (AvgIpc) is 3.22. The summed E-state index contributed by atoms with van der Waals surface area (Å²) >= 11 is 0. The summed E-state index contributed by atoms with van der Waals surface area (Å²) in [5.74, 6) is 1.28. The minimum atomic E-state index is 0.148. The molecule has 0 N–H and O–H groups in total. The Hall–Kier alpha value is -2.23. The molecule has 0 bridgehead atoms. The molecule has 4 nitrogen and oxygen atoms in total. The fourth-order valence-electron chi connectivity index (χ4n) is 3.71. The number of amides is 1. The van der Waals surface area contributed by atoms with E-state index in [9.17, 15) is 4.79 Å². The molecule has 0 unspecified atom stereocenters. The van der Waals surface area contributed by atoms with Crippen molar-refractivity contribution in [2.75, 3.05) is 13.1 Å². The number of aromatic nitrogens is 2. The zero-order chi connectivity index (χ0) is 15.8. The monoisotopic (exact) mass is 307 g/mol. The van der Waals surface area contributed by atoms with Crippen LogP contribution in [0.4, 0.5) is 0 Å². The van der Waals surface area contributed by atoms with Crippen LogP contribution >= 0.6 is 0 Å². The zero-order valence-electron chi connectivity index (χ0n) is 13.5. The van der Waals surface area contributed by atoms with Crippen LogP contribution in [0.3, 0.4) is 0 Å². The van der Waals surface area contributed by atoms with Crippen molar-refractivity contribution in [1.82, 2.24) is 14.9 Å². The Labute approximate surface area is 136 Å². The zero-order valence-corrected chi connectivity index (χ0v) is 13.5. The van der Waals surface area contributed by atoms with Crippen LogP contribution in [-0.2, 0) is 12.8 Å². The second-order valence-corrected chi connectivity index (χ2v) is 6.63. The summed E-state index contributed by atoms with van der Waals surface area (Å²) in [6, 6.07) is 8.13. The van der Waals surface area contributed by atoms with E-state index < -0.39 is 0 Å². The van der Waals surface area contributed by atoms with Gasteiger partial charge in [0.2, 0.25) is 0 Å². The standard InChI is InChI=1S/C19H21N3O/c1-13-7-9-20-18(21-13)17-8-10-22(12-17)19(23)16-6-5-14-3-2-4-15(14)11-16/h5-7,9,11,17H,2-4,8,10,12H2,1H3/t17-/m1/s1. The lowest BCUT2D eigenvalue weighted by atomic mass is 10.1. The molecule has 1 aromatic carbocycles. The predicted molar refractivity (Wildman–Crippen MR) is 88.5 cm³/mol. The molecular formula is C19H21N3O. The van der Waals surface area contributed by atoms with Gasteiger partial charge in [0.25, 0.3) is 5.91 Å². The molecule has 23 heavy (non-hydrogen) atoms. The van der Waals surface area contributed by atoms with Crippen molar-refractivity contribution < 1.29 is 4.79 Å². The fourth-order valence-corrected chi connectivity index (χ4v) is 3.71. The van der Waals surface area contributed by atoms with Crippen molar-refractivity contribution in [3.05, 3.63) is 58.7 Å². The first-order valence-electron chi connectivity index (χ1n) is 8.41. The van der Waals surface area contributed by atoms with Crippen LogP contribution in [0.2, 0.25) is 0 Å². The Morgan fingerprint density at radius 1 is 1.22 bits per heavy atom. The van der Waals surface area contributed by atoms with E-state index in [1.807, 2.05) is 30.2 Å². The van der Waals surface area contributed by atoms with Gasteiger partial charge in [-0.05, 0) is 61.9 Å². The summed E-state index contributed by atoms with van der Waals surface area (Å²) in [5, 5.41) is 0. The van der Waals surface area contributed by atoms with Crippen LogP contribution in [0, 0.1) is 6.92 Å². The number of nitrogens with zero attached hydrogens (tertiary/aromatic N) is 3. The Morgan fingerprint density at radius 2 is 2.09 bits per heavy atom. The molecule has 1 fully saturated rings. The summed E-state index contributed by atoms with van der Waals surface area (Å²) in [4.78, 5) is 23.6. The number of carbonyl (C=O) groups excluding carboxylic acids is 1. The highest BCUT2D eigenvalue weighted by atomic mass is 16.2. The molecule has 1 amide bonds. The first kappa shape index (κ1) is 14.4. The maximum atomic E-state index is 12.8. The topological polar surface area (TPSA) is 46.1 Å². The van der Waals surface area contributed by atoms with Gasteiger partial charge in [-0.25, -0.2) is 9.97 Å². The maximum Gasteiger partial charge on any atom is 0.253 e. The summed E-state index contributed by atoms with van der Waals surface area (Å²) < 4.78 is 0. The number of likely N-dealkylation sites (tertiary alicyclic amines) is 1. The lowest BCUT2D eigenvalue weighted by molar-refractivity contribution is 0.0790. The maximum absolute atomic E-state index is 12.8. The molecule has 0 saturated carbocycles. The van der Waals surface area contributed by atoms with E-state index >= 15 is 0 Å². The number of fused-ring (bicyclic) bond motifs is 1. The highest BCUT2D eigenvalue weighted by Gasteiger charge is 2.30. The number of hydrogen-bond donors (Lipinski definition) is 0. The molecule has 0 radical (unpaired) electrons. The lowest BCUT2D eigenvalue weighted by Gasteiger charge is -2.17. The van der Waals surface area contributed by atoms with Gasteiger partial charge in [0.05, 0.1) is 0 Å². The third kappa shape index (κ3) is 2.74. The molecule has 1 atom stereocenters. The van der Waals surface area contributed by atoms with E-state index in [0.29, 0.717) is 0 Å². The van der Waals surface area contributed by atoms with Crippen molar-refractivity contribution in [2.45, 2.75) is 38.5 Å². The molecule has 1 saturated heterocycles. The summed E-state index contributed by atoms with van der Waals surface area (Å²) in [6.45, 7) is 3.49. The normalized spacial score (nSPS) is 19.9. The fraction of sp³-hybridized carbons (Fsp3) is 0.421. The van der Waals surface area contributed by atoms with Gasteiger partial charge in [0, 0.05) is 36.5 Å². The summed E-state index contributed by atoms with van der Waals surface area (Å²) in [7, 11) is 0. The van der Waals surface area contributed by atoms with Gasteiger partial charge >= 0.3 is 0 Å². The van der Waals surface area contributed by atoms with Gasteiger partial charge < -0.3 is 4.90 Å².